The Balaban J connectivity index is 1.27. The molecule has 0 aromatic heterocycles. The van der Waals surface area contributed by atoms with Gasteiger partial charge < -0.3 is 10.2 Å². The van der Waals surface area contributed by atoms with E-state index < -0.39 is 23.3 Å². The molecule has 0 saturated heterocycles. The summed E-state index contributed by atoms with van der Waals surface area (Å²) in [6.07, 6.45) is 3.82. The molecule has 37 heavy (non-hydrogen) atoms. The largest absolute Gasteiger partial charge is 0.417 e. The van der Waals surface area contributed by atoms with Crippen molar-refractivity contribution < 1.29 is 32.2 Å². The molecule has 5 aliphatic rings. The Morgan fingerprint density at radius 3 is 2.24 bits per heavy atom. The molecule has 0 spiro atoms. The molecule has 0 bridgehead atoms. The average molecular weight is 533 g/mol. The SMILES string of the molecule is C[C@H](CCC1(O)CCC(F)(F)CC1)[C@H]1CC[C@H]2[C@@H]3CC=C4C[C@](O)(C(F)(F)F)CC[C@]4(C)[C@H]3CC[C@]12C. The maximum atomic E-state index is 13.6. The maximum Gasteiger partial charge on any atom is 0.417 e. The molecular weight excluding hydrogens is 487 g/mol. The van der Waals surface area contributed by atoms with Gasteiger partial charge in [0.15, 0.2) is 5.60 Å². The van der Waals surface area contributed by atoms with Crippen molar-refractivity contribution in [3.05, 3.63) is 11.6 Å². The molecular formula is C30H45F5O2. The lowest BCUT2D eigenvalue weighted by atomic mass is 9.46. The lowest BCUT2D eigenvalue weighted by molar-refractivity contribution is -0.271. The van der Waals surface area contributed by atoms with Gasteiger partial charge in [0.25, 0.3) is 0 Å². The van der Waals surface area contributed by atoms with Crippen molar-refractivity contribution in [3.8, 4) is 0 Å². The van der Waals surface area contributed by atoms with Crippen molar-refractivity contribution >= 4 is 0 Å². The van der Waals surface area contributed by atoms with Crippen LogP contribution < -0.4 is 0 Å². The Labute approximate surface area is 218 Å². The molecule has 0 aliphatic heterocycles. The normalized spacial score (nSPS) is 45.8. The second kappa shape index (κ2) is 8.91. The molecule has 0 heterocycles. The molecule has 4 saturated carbocycles. The predicted molar refractivity (Wildman–Crippen MR) is 133 cm³/mol. The van der Waals surface area contributed by atoms with E-state index in [-0.39, 0.29) is 49.4 Å². The Morgan fingerprint density at radius 2 is 1.59 bits per heavy atom. The number of aliphatic hydroxyl groups is 2. The van der Waals surface area contributed by atoms with E-state index in [0.717, 1.165) is 44.1 Å². The summed E-state index contributed by atoms with van der Waals surface area (Å²) in [7, 11) is 0. The molecule has 212 valence electrons. The third-order valence-electron chi connectivity index (χ3n) is 12.4. The first-order chi connectivity index (χ1) is 17.0. The molecule has 0 aromatic rings. The van der Waals surface area contributed by atoms with Crippen molar-refractivity contribution in [3.63, 3.8) is 0 Å². The van der Waals surface area contributed by atoms with E-state index in [1.54, 1.807) is 0 Å². The number of alkyl halides is 5. The summed E-state index contributed by atoms with van der Waals surface area (Å²) in [5.41, 5.74) is -2.84. The first-order valence-electron chi connectivity index (χ1n) is 14.6. The Morgan fingerprint density at radius 1 is 0.919 bits per heavy atom. The maximum absolute atomic E-state index is 13.6. The highest BCUT2D eigenvalue weighted by Crippen LogP contribution is 2.68. The fraction of sp³-hybridized carbons (Fsp3) is 0.933. The van der Waals surface area contributed by atoms with Crippen LogP contribution in [0.25, 0.3) is 0 Å². The van der Waals surface area contributed by atoms with Gasteiger partial charge in [0.1, 0.15) is 0 Å². The Kier molecular flexibility index (Phi) is 6.71. The van der Waals surface area contributed by atoms with Crippen LogP contribution >= 0.6 is 0 Å². The van der Waals surface area contributed by atoms with Crippen LogP contribution in [0.15, 0.2) is 11.6 Å². The standard InChI is InChI=1S/C30H45F5O2/c1-19(8-11-27(36)13-16-29(31,32)17-14-27)22-6-7-23-21-5-4-20-18-28(37,30(33,34)35)15-12-25(20,2)24(21)9-10-26(22,23)3/h4,19,21-24,36-37H,5-18H2,1-3H3/t19-,21+,22-,23+,24+,25+,26-,28+/m1/s1. The molecule has 0 aromatic carbocycles. The number of fused-ring (bicyclic) bond motifs is 5. The van der Waals surface area contributed by atoms with E-state index in [9.17, 15) is 32.2 Å². The minimum atomic E-state index is -4.60. The number of hydrogen-bond donors (Lipinski definition) is 2. The van der Waals surface area contributed by atoms with Gasteiger partial charge in [-0.2, -0.15) is 13.2 Å². The molecule has 0 amide bonds. The number of hydrogen-bond acceptors (Lipinski definition) is 2. The van der Waals surface area contributed by atoms with Gasteiger partial charge in [0, 0.05) is 19.3 Å². The van der Waals surface area contributed by atoms with Crippen LogP contribution in [-0.4, -0.2) is 33.5 Å². The van der Waals surface area contributed by atoms with Crippen molar-refractivity contribution in [2.75, 3.05) is 0 Å². The van der Waals surface area contributed by atoms with Gasteiger partial charge in [0.05, 0.1) is 5.60 Å². The van der Waals surface area contributed by atoms with E-state index in [2.05, 4.69) is 20.8 Å². The summed E-state index contributed by atoms with van der Waals surface area (Å²) < 4.78 is 68.0. The molecule has 8 atom stereocenters. The second-order valence-corrected chi connectivity index (χ2v) is 14.3. The summed E-state index contributed by atoms with van der Waals surface area (Å²) in [6.45, 7) is 6.84. The molecule has 5 rings (SSSR count). The highest BCUT2D eigenvalue weighted by molar-refractivity contribution is 5.28. The van der Waals surface area contributed by atoms with E-state index >= 15 is 0 Å². The topological polar surface area (TPSA) is 40.5 Å². The first kappa shape index (κ1) is 27.9. The zero-order valence-electron chi connectivity index (χ0n) is 22.6. The molecule has 0 unspecified atom stereocenters. The second-order valence-electron chi connectivity index (χ2n) is 14.3. The van der Waals surface area contributed by atoms with Crippen LogP contribution in [0.3, 0.4) is 0 Å². The molecule has 5 aliphatic carbocycles. The van der Waals surface area contributed by atoms with Gasteiger partial charge in [-0.15, -0.1) is 0 Å². The summed E-state index contributed by atoms with van der Waals surface area (Å²) >= 11 is 0. The fourth-order valence-corrected chi connectivity index (χ4v) is 9.89. The van der Waals surface area contributed by atoms with Crippen LogP contribution in [0.2, 0.25) is 0 Å². The van der Waals surface area contributed by atoms with Crippen molar-refractivity contribution in [1.82, 2.24) is 0 Å². The van der Waals surface area contributed by atoms with Crippen LogP contribution in [0.5, 0.6) is 0 Å². The van der Waals surface area contributed by atoms with Crippen molar-refractivity contribution in [1.29, 1.82) is 0 Å². The molecule has 0 radical (unpaired) electrons. The number of halogens is 5. The van der Waals surface area contributed by atoms with Crippen LogP contribution in [0.4, 0.5) is 22.0 Å². The van der Waals surface area contributed by atoms with Crippen molar-refractivity contribution in [2.45, 2.75) is 134 Å². The smallest absolute Gasteiger partial charge is 0.390 e. The lowest BCUT2D eigenvalue weighted by Crippen LogP contribution is -2.55. The summed E-state index contributed by atoms with van der Waals surface area (Å²) in [6, 6.07) is 0. The summed E-state index contributed by atoms with van der Waals surface area (Å²) in [5.74, 6) is -0.356. The van der Waals surface area contributed by atoms with E-state index in [1.807, 2.05) is 6.08 Å². The van der Waals surface area contributed by atoms with E-state index in [1.165, 1.54) is 0 Å². The first-order valence-corrected chi connectivity index (χ1v) is 14.6. The quantitative estimate of drug-likeness (QED) is 0.283. The summed E-state index contributed by atoms with van der Waals surface area (Å²) in [4.78, 5) is 0. The predicted octanol–water partition coefficient (Wildman–Crippen LogP) is 8.22. The lowest BCUT2D eigenvalue weighted by Gasteiger charge is -2.59. The summed E-state index contributed by atoms with van der Waals surface area (Å²) in [5, 5.41) is 21.4. The zero-order valence-corrected chi connectivity index (χ0v) is 22.6. The minimum Gasteiger partial charge on any atom is -0.390 e. The van der Waals surface area contributed by atoms with Crippen LogP contribution in [-0.2, 0) is 0 Å². The average Bonchev–Trinajstić information content (AvgIpc) is 3.17. The van der Waals surface area contributed by atoms with Crippen molar-refractivity contribution in [2.24, 2.45) is 40.4 Å². The monoisotopic (exact) mass is 532 g/mol. The van der Waals surface area contributed by atoms with Crippen LogP contribution in [0.1, 0.15) is 111 Å². The third-order valence-corrected chi connectivity index (χ3v) is 12.4. The van der Waals surface area contributed by atoms with E-state index in [0.29, 0.717) is 42.4 Å². The fourth-order valence-electron chi connectivity index (χ4n) is 9.89. The molecule has 2 nitrogen and oxygen atoms in total. The zero-order chi connectivity index (χ0) is 27.1. The van der Waals surface area contributed by atoms with Gasteiger partial charge in [-0.05, 0) is 111 Å². The van der Waals surface area contributed by atoms with Gasteiger partial charge in [-0.3, -0.25) is 0 Å². The molecule has 4 fully saturated rings. The number of rotatable bonds is 4. The highest BCUT2D eigenvalue weighted by atomic mass is 19.4. The van der Waals surface area contributed by atoms with Gasteiger partial charge in [-0.25, -0.2) is 8.78 Å². The Bertz CT molecular complexity index is 904. The minimum absolute atomic E-state index is 0.172. The van der Waals surface area contributed by atoms with E-state index in [4.69, 9.17) is 0 Å². The third kappa shape index (κ3) is 4.60. The Hall–Kier alpha value is -0.690. The highest BCUT2D eigenvalue weighted by Gasteiger charge is 2.63. The molecule has 7 heteroatoms. The van der Waals surface area contributed by atoms with Gasteiger partial charge in [-0.1, -0.05) is 32.4 Å². The molecule has 2 N–H and O–H groups in total. The number of allylic oxidation sites excluding steroid dienone is 1. The van der Waals surface area contributed by atoms with Crippen LogP contribution in [0, 0.1) is 40.4 Å². The van der Waals surface area contributed by atoms with Gasteiger partial charge >= 0.3 is 6.18 Å². The van der Waals surface area contributed by atoms with Gasteiger partial charge in [0.2, 0.25) is 5.92 Å².